The summed E-state index contributed by atoms with van der Waals surface area (Å²) in [6, 6.07) is 24.1. The number of nitrogens with zero attached hydrogens (tertiary/aromatic N) is 3. The number of aromatic nitrogens is 2. The number of esters is 1. The van der Waals surface area contributed by atoms with Crippen molar-refractivity contribution in [3.8, 4) is 17.2 Å². The first-order valence-corrected chi connectivity index (χ1v) is 16.8. The molecule has 6 rings (SSSR count). The summed E-state index contributed by atoms with van der Waals surface area (Å²) in [5, 5.41) is 2.20. The molecule has 15 heteroatoms. The van der Waals surface area contributed by atoms with E-state index in [2.05, 4.69) is 10.3 Å². The van der Waals surface area contributed by atoms with Crippen molar-refractivity contribution in [3.63, 3.8) is 0 Å². The Hall–Kier alpha value is -6.22. The molecule has 52 heavy (non-hydrogen) atoms. The highest BCUT2D eigenvalue weighted by Crippen LogP contribution is 2.33. The topological polar surface area (TPSA) is 120 Å². The third-order valence-corrected chi connectivity index (χ3v) is 9.89. The van der Waals surface area contributed by atoms with Crippen LogP contribution in [0, 0.1) is 12.7 Å². The molecule has 266 valence electrons. The fraction of sp³-hybridized carbons (Fsp3) is 0.108. The van der Waals surface area contributed by atoms with Crippen LogP contribution in [-0.2, 0) is 23.2 Å². The van der Waals surface area contributed by atoms with Crippen molar-refractivity contribution in [1.29, 1.82) is 0 Å². The van der Waals surface area contributed by atoms with Crippen LogP contribution in [0.2, 0.25) is 0 Å². The molecule has 1 amide bonds. The number of carbonyl (C=O) groups excluding carboxylic acids is 2. The van der Waals surface area contributed by atoms with Crippen LogP contribution in [0.5, 0.6) is 17.2 Å². The molecule has 0 saturated carbocycles. The monoisotopic (exact) mass is 732 g/mol. The van der Waals surface area contributed by atoms with E-state index in [0.717, 1.165) is 15.9 Å². The Bertz CT molecular complexity index is 2450. The van der Waals surface area contributed by atoms with E-state index in [1.54, 1.807) is 43.3 Å². The SMILES string of the molecule is Cc1nc2cc(S(=O)(=O)N(C)c3cccc(OC(=O)c4ccc(Oc5ccccc5)cc4C(=O)Nc4ccc(C(F)(F)F)cc4F)c3)ccc2n1C. The Morgan fingerprint density at radius 1 is 0.827 bits per heavy atom. The van der Waals surface area contributed by atoms with Gasteiger partial charge in [0.05, 0.1) is 44.0 Å². The third-order valence-electron chi connectivity index (χ3n) is 8.11. The van der Waals surface area contributed by atoms with E-state index in [4.69, 9.17) is 9.47 Å². The van der Waals surface area contributed by atoms with E-state index in [1.165, 1.54) is 61.6 Å². The van der Waals surface area contributed by atoms with E-state index in [-0.39, 0.29) is 39.3 Å². The molecule has 0 fully saturated rings. The number of hydrogen-bond acceptors (Lipinski definition) is 7. The van der Waals surface area contributed by atoms with Crippen molar-refractivity contribution < 1.29 is 45.0 Å². The molecular weight excluding hydrogens is 704 g/mol. The zero-order chi connectivity index (χ0) is 37.4. The number of hydrogen-bond donors (Lipinski definition) is 1. The van der Waals surface area contributed by atoms with Crippen molar-refractivity contribution in [3.05, 3.63) is 138 Å². The highest BCUT2D eigenvalue weighted by molar-refractivity contribution is 7.92. The van der Waals surface area contributed by atoms with Gasteiger partial charge in [0.25, 0.3) is 15.9 Å². The number of benzene rings is 5. The molecule has 0 aliphatic heterocycles. The number of aryl methyl sites for hydroxylation is 2. The Morgan fingerprint density at radius 3 is 2.27 bits per heavy atom. The van der Waals surface area contributed by atoms with Crippen molar-refractivity contribution in [2.24, 2.45) is 7.05 Å². The molecule has 0 aliphatic carbocycles. The molecule has 0 spiro atoms. The summed E-state index contributed by atoms with van der Waals surface area (Å²) in [5.41, 5.74) is -1.09. The minimum Gasteiger partial charge on any atom is -0.457 e. The lowest BCUT2D eigenvalue weighted by molar-refractivity contribution is -0.137. The first-order chi connectivity index (χ1) is 24.6. The van der Waals surface area contributed by atoms with Gasteiger partial charge in [0.2, 0.25) is 0 Å². The molecule has 5 aromatic carbocycles. The van der Waals surface area contributed by atoms with Crippen LogP contribution in [0.15, 0.2) is 114 Å². The normalized spacial score (nSPS) is 11.7. The summed E-state index contributed by atoms with van der Waals surface area (Å²) in [6.45, 7) is 1.80. The lowest BCUT2D eigenvalue weighted by atomic mass is 10.1. The van der Waals surface area contributed by atoms with E-state index in [9.17, 15) is 35.6 Å². The Labute approximate surface area is 294 Å². The molecule has 0 atom stereocenters. The number of nitrogens with one attached hydrogen (secondary N) is 1. The minimum absolute atomic E-state index is 0.0130. The number of rotatable bonds is 9. The molecular formula is C37H28F4N4O6S. The zero-order valence-electron chi connectivity index (χ0n) is 27.6. The van der Waals surface area contributed by atoms with Gasteiger partial charge in [-0.05, 0) is 85.8 Å². The number of fused-ring (bicyclic) bond motifs is 1. The molecule has 10 nitrogen and oxygen atoms in total. The number of imidazole rings is 1. The molecule has 1 heterocycles. The van der Waals surface area contributed by atoms with Crippen LogP contribution >= 0.6 is 0 Å². The highest BCUT2D eigenvalue weighted by Gasteiger charge is 2.31. The van der Waals surface area contributed by atoms with Crippen LogP contribution in [-0.4, -0.2) is 36.9 Å². The smallest absolute Gasteiger partial charge is 0.416 e. The lowest BCUT2D eigenvalue weighted by Gasteiger charge is -2.20. The van der Waals surface area contributed by atoms with E-state index < -0.39 is 45.1 Å². The van der Waals surface area contributed by atoms with Gasteiger partial charge in [-0.2, -0.15) is 13.2 Å². The summed E-state index contributed by atoms with van der Waals surface area (Å²) in [5.74, 6) is -2.33. The average molecular weight is 733 g/mol. The molecule has 0 aliphatic rings. The first kappa shape index (κ1) is 35.6. The van der Waals surface area contributed by atoms with Crippen LogP contribution in [0.25, 0.3) is 11.0 Å². The molecule has 6 aromatic rings. The molecule has 1 N–H and O–H groups in total. The Morgan fingerprint density at radius 2 is 1.56 bits per heavy atom. The van der Waals surface area contributed by atoms with Gasteiger partial charge in [-0.25, -0.2) is 22.6 Å². The van der Waals surface area contributed by atoms with Crippen molar-refractivity contribution >= 4 is 44.3 Å². The average Bonchev–Trinajstić information content (AvgIpc) is 3.40. The summed E-state index contributed by atoms with van der Waals surface area (Å²) in [4.78, 5) is 31.4. The fourth-order valence-corrected chi connectivity index (χ4v) is 6.43. The van der Waals surface area contributed by atoms with Gasteiger partial charge in [0.15, 0.2) is 0 Å². The van der Waals surface area contributed by atoms with Gasteiger partial charge >= 0.3 is 12.1 Å². The molecule has 0 unspecified atom stereocenters. The van der Waals surface area contributed by atoms with Gasteiger partial charge in [0, 0.05) is 20.2 Å². The highest BCUT2D eigenvalue weighted by atomic mass is 32.2. The lowest BCUT2D eigenvalue weighted by Crippen LogP contribution is -2.26. The summed E-state index contributed by atoms with van der Waals surface area (Å²) in [7, 11) is -0.943. The fourth-order valence-electron chi connectivity index (χ4n) is 5.22. The number of ether oxygens (including phenoxy) is 2. The predicted octanol–water partition coefficient (Wildman–Crippen LogP) is 8.13. The Balaban J connectivity index is 1.28. The summed E-state index contributed by atoms with van der Waals surface area (Å²) < 4.78 is 95.3. The summed E-state index contributed by atoms with van der Waals surface area (Å²) in [6.07, 6.45) is -4.81. The maximum Gasteiger partial charge on any atom is 0.416 e. The third kappa shape index (κ3) is 7.30. The first-order valence-electron chi connectivity index (χ1n) is 15.4. The number of anilines is 2. The maximum atomic E-state index is 14.7. The van der Waals surface area contributed by atoms with Crippen LogP contribution in [0.3, 0.4) is 0 Å². The molecule has 1 aromatic heterocycles. The quantitative estimate of drug-likeness (QED) is 0.0906. The number of halogens is 4. The molecule has 0 bridgehead atoms. The number of para-hydroxylation sites is 1. The van der Waals surface area contributed by atoms with Gasteiger partial charge in [-0.1, -0.05) is 24.3 Å². The standard InChI is InChI=1S/C37H28F4N4O6S/c1-22-42-33-21-28(14-17-34(33)44(22)2)52(48,49)45(3)24-8-7-11-26(19-24)51-36(47)29-15-13-27(50-25-9-5-4-6-10-25)20-30(29)35(46)43-32-16-12-23(18-31(32)38)37(39,40)41/h4-21H,1-3H3,(H,43,46). The minimum atomic E-state index is -4.81. The second-order valence-corrected chi connectivity index (χ2v) is 13.5. The van der Waals surface area contributed by atoms with Crippen LogP contribution < -0.4 is 19.1 Å². The van der Waals surface area contributed by atoms with Crippen molar-refractivity contribution in [2.45, 2.75) is 18.0 Å². The number of carbonyl (C=O) groups is 2. The van der Waals surface area contributed by atoms with Crippen LogP contribution in [0.4, 0.5) is 28.9 Å². The summed E-state index contributed by atoms with van der Waals surface area (Å²) >= 11 is 0. The predicted molar refractivity (Wildman–Crippen MR) is 185 cm³/mol. The molecule has 0 radical (unpaired) electrons. The van der Waals surface area contributed by atoms with Gasteiger partial charge in [0.1, 0.15) is 28.9 Å². The van der Waals surface area contributed by atoms with Crippen LogP contribution in [0.1, 0.15) is 32.1 Å². The second kappa shape index (κ2) is 13.8. The zero-order valence-corrected chi connectivity index (χ0v) is 28.4. The number of alkyl halides is 3. The maximum absolute atomic E-state index is 14.7. The van der Waals surface area contributed by atoms with Gasteiger partial charge in [-0.3, -0.25) is 9.10 Å². The number of amides is 1. The van der Waals surface area contributed by atoms with E-state index in [1.807, 2.05) is 11.6 Å². The Kier molecular flexibility index (Phi) is 9.47. The second-order valence-electron chi connectivity index (χ2n) is 11.5. The van der Waals surface area contributed by atoms with E-state index in [0.29, 0.717) is 23.2 Å². The largest absolute Gasteiger partial charge is 0.457 e. The van der Waals surface area contributed by atoms with Gasteiger partial charge < -0.3 is 19.4 Å². The number of sulfonamides is 1. The van der Waals surface area contributed by atoms with Gasteiger partial charge in [-0.15, -0.1) is 0 Å². The van der Waals surface area contributed by atoms with Crippen molar-refractivity contribution in [2.75, 3.05) is 16.7 Å². The van der Waals surface area contributed by atoms with Crippen molar-refractivity contribution in [1.82, 2.24) is 9.55 Å². The van der Waals surface area contributed by atoms with E-state index >= 15 is 0 Å². The molecule has 0 saturated heterocycles.